The SMILES string of the molecule is CC(C)NCc1ccccc1N(CCCO)C(C)C. The van der Waals surface area contributed by atoms with Crippen molar-refractivity contribution in [3.8, 4) is 0 Å². The minimum Gasteiger partial charge on any atom is -0.396 e. The van der Waals surface area contributed by atoms with E-state index in [-0.39, 0.29) is 6.61 Å². The summed E-state index contributed by atoms with van der Waals surface area (Å²) < 4.78 is 0. The second-order valence-electron chi connectivity index (χ2n) is 5.53. The van der Waals surface area contributed by atoms with Crippen LogP contribution in [0.25, 0.3) is 0 Å². The number of anilines is 1. The lowest BCUT2D eigenvalue weighted by molar-refractivity contribution is 0.288. The number of aliphatic hydroxyl groups excluding tert-OH is 1. The molecule has 0 spiro atoms. The maximum absolute atomic E-state index is 9.05. The molecule has 0 unspecified atom stereocenters. The molecule has 0 atom stereocenters. The number of hydrogen-bond donors (Lipinski definition) is 2. The van der Waals surface area contributed by atoms with Gasteiger partial charge in [0.2, 0.25) is 0 Å². The van der Waals surface area contributed by atoms with Crippen molar-refractivity contribution in [1.29, 1.82) is 0 Å². The molecular formula is C16H28N2O. The van der Waals surface area contributed by atoms with Crippen molar-refractivity contribution in [1.82, 2.24) is 5.32 Å². The van der Waals surface area contributed by atoms with E-state index >= 15 is 0 Å². The van der Waals surface area contributed by atoms with Gasteiger partial charge in [0.15, 0.2) is 0 Å². The van der Waals surface area contributed by atoms with Gasteiger partial charge in [0.1, 0.15) is 0 Å². The van der Waals surface area contributed by atoms with Gasteiger partial charge in [-0.1, -0.05) is 32.0 Å². The number of benzene rings is 1. The molecule has 108 valence electrons. The van der Waals surface area contributed by atoms with Crippen LogP contribution in [0.15, 0.2) is 24.3 Å². The summed E-state index contributed by atoms with van der Waals surface area (Å²) >= 11 is 0. The Balaban J connectivity index is 2.88. The number of aliphatic hydroxyl groups is 1. The summed E-state index contributed by atoms with van der Waals surface area (Å²) in [7, 11) is 0. The summed E-state index contributed by atoms with van der Waals surface area (Å²) in [6, 6.07) is 9.45. The minimum atomic E-state index is 0.246. The molecule has 0 heterocycles. The first-order chi connectivity index (χ1) is 9.06. The Morgan fingerprint density at radius 2 is 1.84 bits per heavy atom. The number of nitrogens with zero attached hydrogens (tertiary/aromatic N) is 1. The lowest BCUT2D eigenvalue weighted by Crippen LogP contribution is -2.34. The third kappa shape index (κ3) is 5.21. The highest BCUT2D eigenvalue weighted by molar-refractivity contribution is 5.54. The zero-order valence-electron chi connectivity index (χ0n) is 12.7. The lowest BCUT2D eigenvalue weighted by atomic mass is 10.1. The van der Waals surface area contributed by atoms with Gasteiger partial charge in [0.05, 0.1) is 0 Å². The Labute approximate surface area is 117 Å². The van der Waals surface area contributed by atoms with Crippen LogP contribution in [0.3, 0.4) is 0 Å². The maximum atomic E-state index is 9.05. The van der Waals surface area contributed by atoms with Crippen LogP contribution in [0, 0.1) is 0 Å². The molecule has 3 nitrogen and oxygen atoms in total. The average Bonchev–Trinajstić information content (AvgIpc) is 2.37. The predicted molar refractivity (Wildman–Crippen MR) is 82.6 cm³/mol. The third-order valence-corrected chi connectivity index (χ3v) is 3.18. The van der Waals surface area contributed by atoms with E-state index in [1.165, 1.54) is 11.3 Å². The van der Waals surface area contributed by atoms with E-state index in [9.17, 15) is 0 Å². The second-order valence-corrected chi connectivity index (χ2v) is 5.53. The van der Waals surface area contributed by atoms with Crippen molar-refractivity contribution in [2.45, 2.75) is 52.7 Å². The van der Waals surface area contributed by atoms with Gasteiger partial charge in [-0.3, -0.25) is 0 Å². The van der Waals surface area contributed by atoms with E-state index in [0.717, 1.165) is 19.5 Å². The van der Waals surface area contributed by atoms with Crippen molar-refractivity contribution < 1.29 is 5.11 Å². The zero-order valence-corrected chi connectivity index (χ0v) is 12.7. The number of rotatable bonds is 8. The van der Waals surface area contributed by atoms with Crippen molar-refractivity contribution in [3.05, 3.63) is 29.8 Å². The molecule has 0 bridgehead atoms. The summed E-state index contributed by atoms with van der Waals surface area (Å²) in [5.41, 5.74) is 2.60. The molecule has 19 heavy (non-hydrogen) atoms. The fourth-order valence-electron chi connectivity index (χ4n) is 2.15. The molecular weight excluding hydrogens is 236 g/mol. The highest BCUT2D eigenvalue weighted by Crippen LogP contribution is 2.23. The zero-order chi connectivity index (χ0) is 14.3. The molecule has 0 amide bonds. The van der Waals surface area contributed by atoms with Crippen molar-refractivity contribution in [2.75, 3.05) is 18.1 Å². The molecule has 0 aromatic heterocycles. The molecule has 0 fully saturated rings. The van der Waals surface area contributed by atoms with Gasteiger partial charge in [-0.25, -0.2) is 0 Å². The van der Waals surface area contributed by atoms with E-state index in [0.29, 0.717) is 12.1 Å². The van der Waals surface area contributed by atoms with Gasteiger partial charge in [-0.05, 0) is 31.9 Å². The fourth-order valence-corrected chi connectivity index (χ4v) is 2.15. The van der Waals surface area contributed by atoms with E-state index in [4.69, 9.17) is 5.11 Å². The molecule has 0 saturated carbocycles. The Bertz CT molecular complexity index is 364. The minimum absolute atomic E-state index is 0.246. The first-order valence-corrected chi connectivity index (χ1v) is 7.25. The highest BCUT2D eigenvalue weighted by Gasteiger charge is 2.13. The van der Waals surface area contributed by atoms with Gasteiger partial charge in [-0.15, -0.1) is 0 Å². The average molecular weight is 264 g/mol. The normalized spacial score (nSPS) is 11.3. The molecule has 1 rings (SSSR count). The first-order valence-electron chi connectivity index (χ1n) is 7.25. The predicted octanol–water partition coefficient (Wildman–Crippen LogP) is 2.78. The van der Waals surface area contributed by atoms with Crippen LogP contribution in [-0.4, -0.2) is 30.3 Å². The van der Waals surface area contributed by atoms with E-state index in [1.54, 1.807) is 0 Å². The largest absolute Gasteiger partial charge is 0.396 e. The topological polar surface area (TPSA) is 35.5 Å². The maximum Gasteiger partial charge on any atom is 0.0447 e. The summed E-state index contributed by atoms with van der Waals surface area (Å²) in [6.07, 6.45) is 0.810. The summed E-state index contributed by atoms with van der Waals surface area (Å²) in [5.74, 6) is 0. The molecule has 0 saturated heterocycles. The van der Waals surface area contributed by atoms with Gasteiger partial charge < -0.3 is 15.3 Å². The first kappa shape index (κ1) is 16.0. The molecule has 0 aliphatic rings. The van der Waals surface area contributed by atoms with E-state index in [1.807, 2.05) is 0 Å². The highest BCUT2D eigenvalue weighted by atomic mass is 16.3. The second kappa shape index (κ2) is 8.18. The van der Waals surface area contributed by atoms with Gasteiger partial charge >= 0.3 is 0 Å². The molecule has 0 aliphatic heterocycles. The number of nitrogens with one attached hydrogen (secondary N) is 1. The van der Waals surface area contributed by atoms with Crippen LogP contribution in [-0.2, 0) is 6.54 Å². The van der Waals surface area contributed by atoms with Crippen LogP contribution in [0.5, 0.6) is 0 Å². The molecule has 3 heteroatoms. The van der Waals surface area contributed by atoms with E-state index < -0.39 is 0 Å². The van der Waals surface area contributed by atoms with Gasteiger partial charge in [-0.2, -0.15) is 0 Å². The quantitative estimate of drug-likeness (QED) is 0.758. The Morgan fingerprint density at radius 3 is 2.42 bits per heavy atom. The Kier molecular flexibility index (Phi) is 6.89. The fraction of sp³-hybridized carbons (Fsp3) is 0.625. The van der Waals surface area contributed by atoms with Crippen molar-refractivity contribution in [2.24, 2.45) is 0 Å². The van der Waals surface area contributed by atoms with Crippen molar-refractivity contribution in [3.63, 3.8) is 0 Å². The Morgan fingerprint density at radius 1 is 1.16 bits per heavy atom. The smallest absolute Gasteiger partial charge is 0.0447 e. The van der Waals surface area contributed by atoms with E-state index in [2.05, 4.69) is 62.2 Å². The van der Waals surface area contributed by atoms with Crippen molar-refractivity contribution >= 4 is 5.69 Å². The number of hydrogen-bond acceptors (Lipinski definition) is 3. The van der Waals surface area contributed by atoms with Crippen LogP contribution in [0.2, 0.25) is 0 Å². The van der Waals surface area contributed by atoms with Gasteiger partial charge in [0, 0.05) is 37.5 Å². The monoisotopic (exact) mass is 264 g/mol. The van der Waals surface area contributed by atoms with Crippen LogP contribution >= 0.6 is 0 Å². The van der Waals surface area contributed by atoms with Crippen LogP contribution in [0.1, 0.15) is 39.7 Å². The molecule has 1 aromatic carbocycles. The van der Waals surface area contributed by atoms with Crippen LogP contribution < -0.4 is 10.2 Å². The Hall–Kier alpha value is -1.06. The van der Waals surface area contributed by atoms with Crippen LogP contribution in [0.4, 0.5) is 5.69 Å². The summed E-state index contributed by atoms with van der Waals surface area (Å²) in [4.78, 5) is 2.37. The third-order valence-electron chi connectivity index (χ3n) is 3.18. The standard InChI is InChI=1S/C16H28N2O/c1-13(2)17-12-15-8-5-6-9-16(15)18(14(3)4)10-7-11-19/h5-6,8-9,13-14,17,19H,7,10-12H2,1-4H3. The molecule has 2 N–H and O–H groups in total. The molecule has 0 radical (unpaired) electrons. The number of para-hydroxylation sites is 1. The molecule has 0 aliphatic carbocycles. The van der Waals surface area contributed by atoms with Gasteiger partial charge in [0.25, 0.3) is 0 Å². The summed E-state index contributed by atoms with van der Waals surface area (Å²) in [5, 5.41) is 12.5. The summed E-state index contributed by atoms with van der Waals surface area (Å²) in [6.45, 7) is 10.7. The lowest BCUT2D eigenvalue weighted by Gasteiger charge is -2.31. The molecule has 1 aromatic rings.